The monoisotopic (exact) mass is 376 g/mol. The summed E-state index contributed by atoms with van der Waals surface area (Å²) >= 11 is 0. The fourth-order valence-corrected chi connectivity index (χ4v) is 3.00. The number of benzene rings is 1. The summed E-state index contributed by atoms with van der Waals surface area (Å²) in [6.07, 6.45) is 1.76. The van der Waals surface area contributed by atoms with E-state index < -0.39 is 0 Å². The largest absolute Gasteiger partial charge is 0.497 e. The van der Waals surface area contributed by atoms with Crippen molar-refractivity contribution in [3.05, 3.63) is 29.8 Å². The molecule has 0 unspecified atom stereocenters. The molecule has 1 aromatic carbocycles. The number of hydrogen-bond donors (Lipinski definition) is 1. The van der Waals surface area contributed by atoms with Gasteiger partial charge in [0, 0.05) is 39.3 Å². The van der Waals surface area contributed by atoms with E-state index in [-0.39, 0.29) is 6.09 Å². The number of methoxy groups -OCH3 is 1. The molecule has 0 bridgehead atoms. The zero-order valence-corrected chi connectivity index (χ0v) is 16.7. The van der Waals surface area contributed by atoms with Gasteiger partial charge >= 0.3 is 6.09 Å². The number of aliphatic imine (C=N–C) groups is 1. The van der Waals surface area contributed by atoms with Crippen LogP contribution in [0.2, 0.25) is 0 Å². The smallest absolute Gasteiger partial charge is 0.409 e. The SMILES string of the molecule is CCNC(=NCCCc1ccc(OC)cc1)N1CCN(C(=O)OCC)CC1. The lowest BCUT2D eigenvalue weighted by atomic mass is 10.1. The van der Waals surface area contributed by atoms with E-state index >= 15 is 0 Å². The van der Waals surface area contributed by atoms with Crippen LogP contribution in [0.25, 0.3) is 0 Å². The van der Waals surface area contributed by atoms with Crippen LogP contribution in [0.4, 0.5) is 4.79 Å². The lowest BCUT2D eigenvalue weighted by Gasteiger charge is -2.35. The number of hydrogen-bond acceptors (Lipinski definition) is 4. The van der Waals surface area contributed by atoms with Gasteiger partial charge in [0.05, 0.1) is 13.7 Å². The number of carbonyl (C=O) groups excluding carboxylic acids is 1. The number of carbonyl (C=O) groups is 1. The number of rotatable bonds is 7. The molecule has 1 fully saturated rings. The molecule has 0 aliphatic carbocycles. The summed E-state index contributed by atoms with van der Waals surface area (Å²) in [6, 6.07) is 8.18. The second kappa shape index (κ2) is 11.3. The van der Waals surface area contributed by atoms with Gasteiger partial charge < -0.3 is 24.6 Å². The van der Waals surface area contributed by atoms with Crippen LogP contribution in [0.5, 0.6) is 5.75 Å². The number of nitrogens with zero attached hydrogens (tertiary/aromatic N) is 3. The molecule has 1 heterocycles. The van der Waals surface area contributed by atoms with Crippen molar-refractivity contribution in [2.24, 2.45) is 4.99 Å². The maximum Gasteiger partial charge on any atom is 0.409 e. The van der Waals surface area contributed by atoms with Crippen molar-refractivity contribution in [2.45, 2.75) is 26.7 Å². The van der Waals surface area contributed by atoms with Crippen LogP contribution in [-0.2, 0) is 11.2 Å². The normalized spacial score (nSPS) is 14.9. The van der Waals surface area contributed by atoms with Crippen molar-refractivity contribution in [3.63, 3.8) is 0 Å². The Labute approximate surface area is 162 Å². The first-order valence-electron chi connectivity index (χ1n) is 9.75. The van der Waals surface area contributed by atoms with E-state index in [4.69, 9.17) is 14.5 Å². The molecule has 1 aliphatic rings. The highest BCUT2D eigenvalue weighted by molar-refractivity contribution is 5.80. The van der Waals surface area contributed by atoms with Gasteiger partial charge in [0.15, 0.2) is 5.96 Å². The highest BCUT2D eigenvalue weighted by atomic mass is 16.6. The summed E-state index contributed by atoms with van der Waals surface area (Å²) in [4.78, 5) is 20.6. The standard InChI is InChI=1S/C20H32N4O3/c1-4-21-19(23-13-15-24(16-14-23)20(25)27-5-2)22-12-6-7-17-8-10-18(26-3)11-9-17/h8-11H,4-7,12-16H2,1-3H3,(H,21,22). The Kier molecular flexibility index (Phi) is 8.74. The number of guanidine groups is 1. The maximum absolute atomic E-state index is 11.8. The average molecular weight is 377 g/mol. The van der Waals surface area contributed by atoms with E-state index in [0.29, 0.717) is 19.7 Å². The first-order valence-corrected chi connectivity index (χ1v) is 9.75. The lowest BCUT2D eigenvalue weighted by Crippen LogP contribution is -2.53. The minimum absolute atomic E-state index is 0.224. The van der Waals surface area contributed by atoms with Crippen LogP contribution in [0.3, 0.4) is 0 Å². The van der Waals surface area contributed by atoms with Gasteiger partial charge in [-0.1, -0.05) is 12.1 Å². The van der Waals surface area contributed by atoms with Crippen molar-refractivity contribution >= 4 is 12.1 Å². The fourth-order valence-electron chi connectivity index (χ4n) is 3.00. The number of piperazine rings is 1. The van der Waals surface area contributed by atoms with Crippen molar-refractivity contribution in [1.82, 2.24) is 15.1 Å². The van der Waals surface area contributed by atoms with Gasteiger partial charge in [-0.15, -0.1) is 0 Å². The summed E-state index contributed by atoms with van der Waals surface area (Å²) in [6.45, 7) is 8.77. The van der Waals surface area contributed by atoms with Gasteiger partial charge in [0.1, 0.15) is 5.75 Å². The molecule has 0 radical (unpaired) electrons. The van der Waals surface area contributed by atoms with E-state index in [1.165, 1.54) is 5.56 Å². The lowest BCUT2D eigenvalue weighted by molar-refractivity contribution is 0.0914. The molecular formula is C20H32N4O3. The molecule has 1 aromatic rings. The molecule has 7 nitrogen and oxygen atoms in total. The van der Waals surface area contributed by atoms with Gasteiger partial charge in [0.25, 0.3) is 0 Å². The Morgan fingerprint density at radius 1 is 1.11 bits per heavy atom. The number of ether oxygens (including phenoxy) is 2. The van der Waals surface area contributed by atoms with Crippen LogP contribution >= 0.6 is 0 Å². The Bertz CT molecular complexity index is 596. The molecule has 1 amide bonds. The minimum Gasteiger partial charge on any atom is -0.497 e. The summed E-state index contributed by atoms with van der Waals surface area (Å²) in [5.74, 6) is 1.81. The molecular weight excluding hydrogens is 344 g/mol. The summed E-state index contributed by atoms with van der Waals surface area (Å²) in [5, 5.41) is 3.36. The van der Waals surface area contributed by atoms with Crippen LogP contribution in [-0.4, -0.2) is 74.8 Å². The molecule has 150 valence electrons. The Morgan fingerprint density at radius 3 is 2.37 bits per heavy atom. The number of amides is 1. The second-order valence-electron chi connectivity index (χ2n) is 6.36. The van der Waals surface area contributed by atoms with Gasteiger partial charge in [-0.3, -0.25) is 4.99 Å². The Balaban J connectivity index is 1.80. The maximum atomic E-state index is 11.8. The van der Waals surface area contributed by atoms with E-state index in [1.54, 1.807) is 12.0 Å². The highest BCUT2D eigenvalue weighted by Crippen LogP contribution is 2.12. The molecule has 0 aromatic heterocycles. The van der Waals surface area contributed by atoms with Crippen molar-refractivity contribution in [2.75, 3.05) is 53.0 Å². The molecule has 0 atom stereocenters. The van der Waals surface area contributed by atoms with Gasteiger partial charge in [-0.25, -0.2) is 4.79 Å². The number of nitrogens with one attached hydrogen (secondary N) is 1. The fraction of sp³-hybridized carbons (Fsp3) is 0.600. The second-order valence-corrected chi connectivity index (χ2v) is 6.36. The molecule has 1 aliphatic heterocycles. The summed E-state index contributed by atoms with van der Waals surface area (Å²) < 4.78 is 10.3. The predicted octanol–water partition coefficient (Wildman–Crippen LogP) is 2.37. The third-order valence-corrected chi connectivity index (χ3v) is 4.48. The van der Waals surface area contributed by atoms with Crippen molar-refractivity contribution < 1.29 is 14.3 Å². The molecule has 1 saturated heterocycles. The summed E-state index contributed by atoms with van der Waals surface area (Å²) in [5.41, 5.74) is 1.29. The van der Waals surface area contributed by atoms with Crippen LogP contribution in [0, 0.1) is 0 Å². The zero-order valence-electron chi connectivity index (χ0n) is 16.7. The molecule has 2 rings (SSSR count). The third kappa shape index (κ3) is 6.66. The zero-order chi connectivity index (χ0) is 19.5. The molecule has 0 spiro atoms. The molecule has 27 heavy (non-hydrogen) atoms. The summed E-state index contributed by atoms with van der Waals surface area (Å²) in [7, 11) is 1.68. The third-order valence-electron chi connectivity index (χ3n) is 4.48. The van der Waals surface area contributed by atoms with E-state index in [2.05, 4.69) is 29.3 Å². The van der Waals surface area contributed by atoms with Crippen molar-refractivity contribution in [1.29, 1.82) is 0 Å². The average Bonchev–Trinajstić information content (AvgIpc) is 2.71. The van der Waals surface area contributed by atoms with E-state index in [0.717, 1.165) is 50.7 Å². The van der Waals surface area contributed by atoms with Gasteiger partial charge in [0.2, 0.25) is 0 Å². The Hall–Kier alpha value is -2.44. The first-order chi connectivity index (χ1) is 13.2. The van der Waals surface area contributed by atoms with Crippen LogP contribution in [0.15, 0.2) is 29.3 Å². The minimum atomic E-state index is -0.224. The van der Waals surface area contributed by atoms with Crippen LogP contribution in [0.1, 0.15) is 25.8 Å². The van der Waals surface area contributed by atoms with E-state index in [1.807, 2.05) is 19.1 Å². The van der Waals surface area contributed by atoms with E-state index in [9.17, 15) is 4.79 Å². The van der Waals surface area contributed by atoms with Gasteiger partial charge in [-0.05, 0) is 44.4 Å². The van der Waals surface area contributed by atoms with Crippen molar-refractivity contribution in [3.8, 4) is 5.75 Å². The quantitative estimate of drug-likeness (QED) is 0.450. The topological polar surface area (TPSA) is 66.4 Å². The van der Waals surface area contributed by atoms with Crippen LogP contribution < -0.4 is 10.1 Å². The first kappa shape index (κ1) is 20.9. The highest BCUT2D eigenvalue weighted by Gasteiger charge is 2.23. The molecule has 1 N–H and O–H groups in total. The molecule has 7 heteroatoms. The molecule has 0 saturated carbocycles. The van der Waals surface area contributed by atoms with Gasteiger partial charge in [-0.2, -0.15) is 0 Å². The number of aryl methyl sites for hydroxylation is 1. The predicted molar refractivity (Wildman–Crippen MR) is 107 cm³/mol. The Morgan fingerprint density at radius 2 is 1.78 bits per heavy atom.